The van der Waals surface area contributed by atoms with Crippen LogP contribution in [0.3, 0.4) is 0 Å². The van der Waals surface area contributed by atoms with E-state index in [1.807, 2.05) is 13.8 Å². The zero-order valence-electron chi connectivity index (χ0n) is 10.7. The number of fused-ring (bicyclic) bond motifs is 1. The van der Waals surface area contributed by atoms with E-state index < -0.39 is 11.0 Å². The highest BCUT2D eigenvalue weighted by Crippen LogP contribution is 2.65. The first-order valence-corrected chi connectivity index (χ1v) is 6.52. The highest BCUT2D eigenvalue weighted by Gasteiger charge is 2.71. The van der Waals surface area contributed by atoms with Crippen LogP contribution in [0.25, 0.3) is 0 Å². The molecule has 3 aliphatic carbocycles. The van der Waals surface area contributed by atoms with Crippen LogP contribution in [0.1, 0.15) is 46.5 Å². The standard InChI is InChI=1S/C14H20O3/c1-12(2)7-8-6-9(15)14(4-5-14)13(3,17)10(8)11(12)16/h8,10,17H,4-7H2,1-3H3/t8-,10-,13+/m1/s1. The molecular weight excluding hydrogens is 216 g/mol. The summed E-state index contributed by atoms with van der Waals surface area (Å²) in [5.74, 6) is 0.0875. The minimum Gasteiger partial charge on any atom is -0.388 e. The van der Waals surface area contributed by atoms with E-state index in [0.29, 0.717) is 6.42 Å². The molecule has 0 heterocycles. The second kappa shape index (κ2) is 2.82. The van der Waals surface area contributed by atoms with Gasteiger partial charge in [0.1, 0.15) is 11.6 Å². The number of rotatable bonds is 0. The first-order chi connectivity index (χ1) is 7.72. The van der Waals surface area contributed by atoms with Gasteiger partial charge >= 0.3 is 0 Å². The first-order valence-electron chi connectivity index (χ1n) is 6.52. The third-order valence-corrected chi connectivity index (χ3v) is 5.50. The molecule has 1 N–H and O–H groups in total. The smallest absolute Gasteiger partial charge is 0.144 e. The van der Waals surface area contributed by atoms with Crippen molar-refractivity contribution in [3.8, 4) is 0 Å². The number of ketones is 2. The van der Waals surface area contributed by atoms with Crippen LogP contribution in [0.4, 0.5) is 0 Å². The van der Waals surface area contributed by atoms with Gasteiger partial charge in [0.25, 0.3) is 0 Å². The second-order valence-corrected chi connectivity index (χ2v) is 7.05. The lowest BCUT2D eigenvalue weighted by molar-refractivity contribution is -0.159. The van der Waals surface area contributed by atoms with Gasteiger partial charge in [-0.05, 0) is 32.1 Å². The molecule has 3 fully saturated rings. The molecule has 0 aromatic heterocycles. The molecular formula is C14H20O3. The van der Waals surface area contributed by atoms with E-state index >= 15 is 0 Å². The van der Waals surface area contributed by atoms with Gasteiger partial charge in [0.15, 0.2) is 0 Å². The topological polar surface area (TPSA) is 54.4 Å². The predicted octanol–water partition coefficient (Wildman–Crippen LogP) is 1.72. The van der Waals surface area contributed by atoms with Gasteiger partial charge in [-0.15, -0.1) is 0 Å². The lowest BCUT2D eigenvalue weighted by Crippen LogP contribution is -2.56. The molecule has 3 nitrogen and oxygen atoms in total. The van der Waals surface area contributed by atoms with Gasteiger partial charge in [0, 0.05) is 11.8 Å². The highest BCUT2D eigenvalue weighted by molar-refractivity contribution is 5.97. The van der Waals surface area contributed by atoms with E-state index in [1.165, 1.54) is 0 Å². The first kappa shape index (κ1) is 11.4. The van der Waals surface area contributed by atoms with E-state index in [0.717, 1.165) is 19.3 Å². The fraction of sp³-hybridized carbons (Fsp3) is 0.857. The highest BCUT2D eigenvalue weighted by atomic mass is 16.3. The van der Waals surface area contributed by atoms with Gasteiger partial charge in [-0.1, -0.05) is 13.8 Å². The van der Waals surface area contributed by atoms with Crippen LogP contribution in [0, 0.1) is 22.7 Å². The van der Waals surface area contributed by atoms with Crippen molar-refractivity contribution in [1.82, 2.24) is 0 Å². The van der Waals surface area contributed by atoms with E-state index in [4.69, 9.17) is 0 Å². The summed E-state index contributed by atoms with van der Waals surface area (Å²) in [5.41, 5.74) is -2.07. The average Bonchev–Trinajstić information content (AvgIpc) is 2.91. The summed E-state index contributed by atoms with van der Waals surface area (Å²) >= 11 is 0. The maximum absolute atomic E-state index is 12.4. The van der Waals surface area contributed by atoms with Crippen molar-refractivity contribution >= 4 is 11.6 Å². The van der Waals surface area contributed by atoms with E-state index in [9.17, 15) is 14.7 Å². The molecule has 3 heteroatoms. The molecule has 3 rings (SSSR count). The Kier molecular flexibility index (Phi) is 1.89. The fourth-order valence-electron chi connectivity index (χ4n) is 4.34. The third kappa shape index (κ3) is 1.16. The Morgan fingerprint density at radius 1 is 1.18 bits per heavy atom. The van der Waals surface area contributed by atoms with E-state index in [2.05, 4.69) is 0 Å². The second-order valence-electron chi connectivity index (χ2n) is 7.05. The monoisotopic (exact) mass is 236 g/mol. The summed E-state index contributed by atoms with van der Waals surface area (Å²) in [6.45, 7) is 5.59. The van der Waals surface area contributed by atoms with Crippen LogP contribution in [-0.4, -0.2) is 22.3 Å². The number of aliphatic hydroxyl groups is 1. The minimum absolute atomic E-state index is 0.0613. The molecule has 0 aromatic rings. The fourth-order valence-corrected chi connectivity index (χ4v) is 4.34. The Balaban J connectivity index is 2.06. The van der Waals surface area contributed by atoms with Crippen LogP contribution < -0.4 is 0 Å². The summed E-state index contributed by atoms with van der Waals surface area (Å²) in [6.07, 6.45) is 2.76. The van der Waals surface area contributed by atoms with Crippen molar-refractivity contribution in [2.45, 2.75) is 52.1 Å². The molecule has 0 amide bonds. The molecule has 94 valence electrons. The van der Waals surface area contributed by atoms with Gasteiger partial charge in [0.05, 0.1) is 16.9 Å². The Hall–Kier alpha value is -0.700. The zero-order chi connectivity index (χ0) is 12.6. The van der Waals surface area contributed by atoms with Crippen LogP contribution in [-0.2, 0) is 9.59 Å². The molecule has 0 aliphatic heterocycles. The summed E-state index contributed by atoms with van der Waals surface area (Å²) < 4.78 is 0. The van der Waals surface area contributed by atoms with Crippen LogP contribution >= 0.6 is 0 Å². The van der Waals surface area contributed by atoms with Crippen molar-refractivity contribution in [2.75, 3.05) is 0 Å². The van der Waals surface area contributed by atoms with Gasteiger partial charge in [-0.3, -0.25) is 9.59 Å². The number of carbonyl (C=O) groups is 2. The Morgan fingerprint density at radius 2 is 1.76 bits per heavy atom. The van der Waals surface area contributed by atoms with Crippen LogP contribution in [0.5, 0.6) is 0 Å². The molecule has 1 spiro atoms. The summed E-state index contributed by atoms with van der Waals surface area (Å²) in [5, 5.41) is 10.8. The molecule has 3 saturated carbocycles. The van der Waals surface area contributed by atoms with Crippen molar-refractivity contribution in [2.24, 2.45) is 22.7 Å². The maximum Gasteiger partial charge on any atom is 0.144 e. The normalized spacial score (nSPS) is 46.1. The van der Waals surface area contributed by atoms with Gasteiger partial charge < -0.3 is 5.11 Å². The van der Waals surface area contributed by atoms with Gasteiger partial charge in [-0.25, -0.2) is 0 Å². The number of hydrogen-bond acceptors (Lipinski definition) is 3. The summed E-state index contributed by atoms with van der Waals surface area (Å²) in [7, 11) is 0. The summed E-state index contributed by atoms with van der Waals surface area (Å²) in [6, 6.07) is 0. The third-order valence-electron chi connectivity index (χ3n) is 5.50. The van der Waals surface area contributed by atoms with E-state index in [1.54, 1.807) is 6.92 Å². The van der Waals surface area contributed by atoms with Crippen molar-refractivity contribution in [3.05, 3.63) is 0 Å². The molecule has 0 unspecified atom stereocenters. The van der Waals surface area contributed by atoms with Crippen molar-refractivity contribution in [3.63, 3.8) is 0 Å². The van der Waals surface area contributed by atoms with Crippen molar-refractivity contribution < 1.29 is 14.7 Å². The number of Topliss-reactive ketones (excluding diaryl/α,β-unsaturated/α-hetero) is 2. The van der Waals surface area contributed by atoms with Crippen molar-refractivity contribution in [1.29, 1.82) is 0 Å². The van der Waals surface area contributed by atoms with Crippen LogP contribution in [0.15, 0.2) is 0 Å². The quantitative estimate of drug-likeness (QED) is 0.696. The SMILES string of the molecule is CC1(C)C[C@H]2CC(=O)C3(CC3)[C@@](C)(O)[C@H]2C1=O. The Labute approximate surface area is 102 Å². The van der Waals surface area contributed by atoms with Gasteiger partial charge in [-0.2, -0.15) is 0 Å². The predicted molar refractivity (Wildman–Crippen MR) is 62.3 cm³/mol. The Bertz CT molecular complexity index is 415. The lowest BCUT2D eigenvalue weighted by atomic mass is 9.62. The molecule has 3 atom stereocenters. The number of hydrogen-bond donors (Lipinski definition) is 1. The average molecular weight is 236 g/mol. The molecule has 0 bridgehead atoms. The van der Waals surface area contributed by atoms with Crippen LogP contribution in [0.2, 0.25) is 0 Å². The molecule has 17 heavy (non-hydrogen) atoms. The largest absolute Gasteiger partial charge is 0.388 e. The summed E-state index contributed by atoms with van der Waals surface area (Å²) in [4.78, 5) is 24.6. The molecule has 0 radical (unpaired) electrons. The number of carbonyl (C=O) groups excluding carboxylic acids is 2. The van der Waals surface area contributed by atoms with E-state index in [-0.39, 0.29) is 28.8 Å². The minimum atomic E-state index is -1.11. The maximum atomic E-state index is 12.4. The molecule has 3 aliphatic rings. The Morgan fingerprint density at radius 3 is 2.29 bits per heavy atom. The lowest BCUT2D eigenvalue weighted by Gasteiger charge is -2.44. The molecule has 0 saturated heterocycles. The van der Waals surface area contributed by atoms with Gasteiger partial charge in [0.2, 0.25) is 0 Å². The molecule has 0 aromatic carbocycles. The zero-order valence-corrected chi connectivity index (χ0v) is 10.7.